The van der Waals surface area contributed by atoms with Crippen LogP contribution in [0.4, 0.5) is 11.4 Å². The second-order valence-electron chi connectivity index (χ2n) is 6.60. The summed E-state index contributed by atoms with van der Waals surface area (Å²) in [5, 5.41) is 14.2. The lowest BCUT2D eigenvalue weighted by atomic mass is 10.1. The van der Waals surface area contributed by atoms with Crippen molar-refractivity contribution in [1.29, 1.82) is 0 Å². The molecule has 7 nitrogen and oxygen atoms in total. The van der Waals surface area contributed by atoms with Crippen molar-refractivity contribution in [3.05, 3.63) is 82.1 Å². The second-order valence-corrected chi connectivity index (χ2v) is 6.60. The van der Waals surface area contributed by atoms with E-state index >= 15 is 0 Å². The first-order chi connectivity index (χ1) is 13.6. The number of nitrogens with one attached hydrogen (secondary N) is 1. The van der Waals surface area contributed by atoms with Crippen LogP contribution in [0.15, 0.2) is 65.1 Å². The third-order valence-electron chi connectivity index (χ3n) is 4.75. The summed E-state index contributed by atoms with van der Waals surface area (Å²) in [5.41, 5.74) is 2.19. The van der Waals surface area contributed by atoms with Crippen LogP contribution >= 0.6 is 0 Å². The summed E-state index contributed by atoms with van der Waals surface area (Å²) in [6, 6.07) is 17.3. The lowest BCUT2D eigenvalue weighted by molar-refractivity contribution is -0.384. The molecule has 0 saturated carbocycles. The van der Waals surface area contributed by atoms with Crippen molar-refractivity contribution in [3.8, 4) is 11.3 Å². The van der Waals surface area contributed by atoms with Crippen molar-refractivity contribution in [2.45, 2.75) is 19.5 Å². The van der Waals surface area contributed by atoms with Gasteiger partial charge in [-0.2, -0.15) is 0 Å². The molecule has 28 heavy (non-hydrogen) atoms. The Morgan fingerprint density at radius 1 is 1.11 bits per heavy atom. The average molecular weight is 377 g/mol. The van der Waals surface area contributed by atoms with E-state index in [1.54, 1.807) is 17.0 Å². The van der Waals surface area contributed by atoms with Crippen LogP contribution in [-0.2, 0) is 0 Å². The van der Waals surface area contributed by atoms with Gasteiger partial charge >= 0.3 is 0 Å². The summed E-state index contributed by atoms with van der Waals surface area (Å²) in [6.07, 6.45) is 0.413. The zero-order valence-electron chi connectivity index (χ0n) is 15.3. The van der Waals surface area contributed by atoms with Gasteiger partial charge in [0.1, 0.15) is 11.5 Å². The van der Waals surface area contributed by atoms with Crippen molar-refractivity contribution in [2.24, 2.45) is 0 Å². The molecule has 1 aliphatic rings. The highest BCUT2D eigenvalue weighted by Gasteiger charge is 2.34. The number of hydrogen-bond donors (Lipinski definition) is 1. The normalized spacial score (nSPS) is 15.8. The number of anilines is 1. The SMILES string of the molecule is CCCN1C(=O)c2ccccc2N[C@H]1c1ccc(-c2ccc([N+](=O)[O-])cc2)o1. The number of non-ortho nitro benzene ring substituents is 1. The van der Waals surface area contributed by atoms with Gasteiger partial charge < -0.3 is 14.6 Å². The highest BCUT2D eigenvalue weighted by atomic mass is 16.6. The zero-order valence-corrected chi connectivity index (χ0v) is 15.3. The van der Waals surface area contributed by atoms with E-state index in [9.17, 15) is 14.9 Å². The number of rotatable bonds is 5. The largest absolute Gasteiger partial charge is 0.457 e. The molecule has 2 heterocycles. The number of hydrogen-bond acceptors (Lipinski definition) is 5. The van der Waals surface area contributed by atoms with E-state index in [0.29, 0.717) is 23.6 Å². The molecule has 0 saturated heterocycles. The molecule has 4 rings (SSSR count). The molecule has 142 valence electrons. The molecule has 1 amide bonds. The number of amides is 1. The summed E-state index contributed by atoms with van der Waals surface area (Å²) in [5.74, 6) is 1.17. The highest BCUT2D eigenvalue weighted by molar-refractivity contribution is 6.01. The highest BCUT2D eigenvalue weighted by Crippen LogP contribution is 2.35. The predicted molar refractivity (Wildman–Crippen MR) is 105 cm³/mol. The number of carbonyl (C=O) groups excluding carboxylic acids is 1. The van der Waals surface area contributed by atoms with E-state index < -0.39 is 11.1 Å². The Balaban J connectivity index is 1.66. The van der Waals surface area contributed by atoms with Crippen molar-refractivity contribution >= 4 is 17.3 Å². The average Bonchev–Trinajstić information content (AvgIpc) is 3.20. The van der Waals surface area contributed by atoms with Crippen molar-refractivity contribution < 1.29 is 14.1 Å². The van der Waals surface area contributed by atoms with E-state index in [4.69, 9.17) is 4.42 Å². The third kappa shape index (κ3) is 3.11. The van der Waals surface area contributed by atoms with Gasteiger partial charge in [0.05, 0.1) is 10.5 Å². The number of nitrogens with zero attached hydrogens (tertiary/aromatic N) is 2. The van der Waals surface area contributed by atoms with Gasteiger partial charge in [-0.15, -0.1) is 0 Å². The van der Waals surface area contributed by atoms with Crippen LogP contribution in [0.1, 0.15) is 35.6 Å². The summed E-state index contributed by atoms with van der Waals surface area (Å²) in [6.45, 7) is 2.62. The molecule has 7 heteroatoms. The predicted octanol–water partition coefficient (Wildman–Crippen LogP) is 4.83. The smallest absolute Gasteiger partial charge is 0.269 e. The Morgan fingerprint density at radius 3 is 2.57 bits per heavy atom. The number of fused-ring (bicyclic) bond motifs is 1. The van der Waals surface area contributed by atoms with E-state index in [1.165, 1.54) is 12.1 Å². The fourth-order valence-electron chi connectivity index (χ4n) is 3.39. The number of furan rings is 1. The van der Waals surface area contributed by atoms with Gasteiger partial charge in [0.2, 0.25) is 0 Å². The van der Waals surface area contributed by atoms with Gasteiger partial charge in [-0.25, -0.2) is 0 Å². The zero-order chi connectivity index (χ0) is 19.7. The third-order valence-corrected chi connectivity index (χ3v) is 4.75. The van der Waals surface area contributed by atoms with Gasteiger partial charge in [0.25, 0.3) is 11.6 Å². The molecule has 2 aromatic carbocycles. The van der Waals surface area contributed by atoms with Crippen molar-refractivity contribution in [2.75, 3.05) is 11.9 Å². The number of benzene rings is 2. The molecule has 1 atom stereocenters. The molecule has 0 fully saturated rings. The number of carbonyl (C=O) groups is 1. The minimum absolute atomic E-state index is 0.0285. The lowest BCUT2D eigenvalue weighted by Crippen LogP contribution is -2.43. The Kier molecular flexibility index (Phi) is 4.57. The minimum Gasteiger partial charge on any atom is -0.457 e. The van der Waals surface area contributed by atoms with Gasteiger partial charge in [-0.1, -0.05) is 19.1 Å². The van der Waals surface area contributed by atoms with E-state index in [0.717, 1.165) is 17.7 Å². The summed E-state index contributed by atoms with van der Waals surface area (Å²) in [4.78, 5) is 25.1. The molecule has 1 N–H and O–H groups in total. The molecule has 0 aliphatic carbocycles. The molecule has 0 bridgehead atoms. The summed E-state index contributed by atoms with van der Waals surface area (Å²) in [7, 11) is 0. The monoisotopic (exact) mass is 377 g/mol. The first-order valence-electron chi connectivity index (χ1n) is 9.09. The quantitative estimate of drug-likeness (QED) is 0.508. The maximum Gasteiger partial charge on any atom is 0.269 e. The Hall–Kier alpha value is -3.61. The first kappa shape index (κ1) is 17.8. The van der Waals surface area contributed by atoms with Gasteiger partial charge in [-0.05, 0) is 42.8 Å². The first-order valence-corrected chi connectivity index (χ1v) is 9.09. The summed E-state index contributed by atoms with van der Waals surface area (Å²) >= 11 is 0. The van der Waals surface area contributed by atoms with Gasteiger partial charge in [0, 0.05) is 29.9 Å². The molecular formula is C21H19N3O4. The fourth-order valence-corrected chi connectivity index (χ4v) is 3.39. The molecule has 3 aromatic rings. The molecule has 0 spiro atoms. The number of para-hydroxylation sites is 1. The van der Waals surface area contributed by atoms with Gasteiger partial charge in [-0.3, -0.25) is 14.9 Å². The van der Waals surface area contributed by atoms with Crippen molar-refractivity contribution in [3.63, 3.8) is 0 Å². The number of nitro benzene ring substituents is 1. The Labute approximate surface area is 161 Å². The van der Waals surface area contributed by atoms with Crippen LogP contribution in [-0.4, -0.2) is 22.3 Å². The Morgan fingerprint density at radius 2 is 1.86 bits per heavy atom. The summed E-state index contributed by atoms with van der Waals surface area (Å²) < 4.78 is 6.02. The molecular weight excluding hydrogens is 358 g/mol. The standard InChI is InChI=1S/C21H19N3O4/c1-2-13-23-20(22-17-6-4-3-5-16(17)21(23)25)19-12-11-18(28-19)14-7-9-15(10-8-14)24(26)27/h3-12,20,22H,2,13H2,1H3/t20-/m1/s1. The maximum atomic E-state index is 12.9. The molecule has 0 radical (unpaired) electrons. The number of nitro groups is 1. The lowest BCUT2D eigenvalue weighted by Gasteiger charge is -2.36. The molecule has 1 aromatic heterocycles. The van der Waals surface area contributed by atoms with Crippen LogP contribution < -0.4 is 5.32 Å². The fraction of sp³-hybridized carbons (Fsp3) is 0.190. The Bertz CT molecular complexity index is 1030. The second kappa shape index (κ2) is 7.19. The maximum absolute atomic E-state index is 12.9. The topological polar surface area (TPSA) is 88.6 Å². The minimum atomic E-state index is -0.436. The van der Waals surface area contributed by atoms with E-state index in [-0.39, 0.29) is 11.6 Å². The van der Waals surface area contributed by atoms with Crippen molar-refractivity contribution in [1.82, 2.24) is 4.90 Å². The van der Waals surface area contributed by atoms with Gasteiger partial charge in [0.15, 0.2) is 6.17 Å². The van der Waals surface area contributed by atoms with E-state index in [2.05, 4.69) is 5.32 Å². The van der Waals surface area contributed by atoms with Crippen LogP contribution in [0, 0.1) is 10.1 Å². The molecule has 0 unspecified atom stereocenters. The van der Waals surface area contributed by atoms with Crippen LogP contribution in [0.5, 0.6) is 0 Å². The van der Waals surface area contributed by atoms with E-state index in [1.807, 2.05) is 43.3 Å². The van der Waals surface area contributed by atoms with Crippen LogP contribution in [0.25, 0.3) is 11.3 Å². The van der Waals surface area contributed by atoms with Crippen LogP contribution in [0.3, 0.4) is 0 Å². The van der Waals surface area contributed by atoms with Crippen LogP contribution in [0.2, 0.25) is 0 Å². The molecule has 1 aliphatic heterocycles.